The number of nitrogens with zero attached hydrogens (tertiary/aromatic N) is 6. The highest BCUT2D eigenvalue weighted by Gasteiger charge is 2.49. The van der Waals surface area contributed by atoms with Gasteiger partial charge in [0.1, 0.15) is 12.1 Å². The average molecular weight is 823 g/mol. The number of carbonyl (C=O) groups excluding carboxylic acids is 3. The fourth-order valence-electron chi connectivity index (χ4n) is 9.60. The molecule has 2 saturated carbocycles. The Kier molecular flexibility index (Phi) is 10.8. The number of methoxy groups -OCH3 is 1. The van der Waals surface area contributed by atoms with Crippen LogP contribution in [0.4, 0.5) is 5.69 Å². The van der Waals surface area contributed by atoms with E-state index in [1.54, 1.807) is 7.11 Å². The van der Waals surface area contributed by atoms with Crippen LogP contribution in [0.3, 0.4) is 0 Å². The topological polar surface area (TPSA) is 134 Å². The van der Waals surface area contributed by atoms with Crippen molar-refractivity contribution in [2.75, 3.05) is 58.4 Å². The predicted molar refractivity (Wildman–Crippen MR) is 229 cm³/mol. The zero-order chi connectivity index (χ0) is 41.2. The second-order valence-corrected chi connectivity index (χ2v) is 18.8. The number of hydrogen-bond donors (Lipinski definition) is 2. The van der Waals surface area contributed by atoms with E-state index >= 15 is 0 Å². The van der Waals surface area contributed by atoms with Gasteiger partial charge in [0.2, 0.25) is 5.91 Å². The molecular weight excluding hydrogens is 765 g/mol. The Morgan fingerprint density at radius 3 is 2.61 bits per heavy atom. The van der Waals surface area contributed by atoms with E-state index in [-0.39, 0.29) is 53.5 Å². The van der Waals surface area contributed by atoms with Gasteiger partial charge in [-0.25, -0.2) is 10.4 Å². The Hall–Kier alpha value is -4.37. The minimum absolute atomic E-state index is 0.105. The maximum absolute atomic E-state index is 14.2. The highest BCUT2D eigenvalue weighted by Crippen LogP contribution is 2.52. The van der Waals surface area contributed by atoms with Crippen molar-refractivity contribution in [2.24, 2.45) is 23.2 Å². The van der Waals surface area contributed by atoms with Gasteiger partial charge < -0.3 is 29.2 Å². The van der Waals surface area contributed by atoms with Crippen LogP contribution in [-0.2, 0) is 43.2 Å². The number of nitrogens with one attached hydrogen (secondary N) is 2. The molecule has 13 nitrogen and oxygen atoms in total. The SMILES string of the molecule is CCn1c(-c2cc(N3CCN(C)CC3)cnc2[C@H](C)OC)c2c3cc(ccc31)-c1csc(n1)C[C@H](NC(=O)C1[C@@H](C)[C@H]1C)C(=O)N1CCC[C@H](N1)C(=O)OCC1(CC1)C2. The second kappa shape index (κ2) is 15.9. The van der Waals surface area contributed by atoms with Gasteiger partial charge in [0, 0.05) is 91.5 Å². The number of piperazine rings is 1. The van der Waals surface area contributed by atoms with Crippen molar-refractivity contribution in [3.63, 3.8) is 0 Å². The number of thiazole rings is 1. The van der Waals surface area contributed by atoms with E-state index in [1.165, 1.54) is 21.9 Å². The lowest BCUT2D eigenvalue weighted by Crippen LogP contribution is -2.60. The molecule has 2 N–H and O–H groups in total. The molecule has 9 rings (SSSR count). The third kappa shape index (κ3) is 7.66. The lowest BCUT2D eigenvalue weighted by atomic mass is 9.91. The highest BCUT2D eigenvalue weighted by molar-refractivity contribution is 7.10. The standard InChI is InChI=1S/C45H58N8O5S/c1-7-52-37-11-10-29-19-31(37)33(41(52)32-20-30(23-46-40(32)28(4)57-6)51-17-15-50(5)16-18-51)22-45(12-13-45)25-58-44(56)34-9-8-14-53(49-34)43(55)35(21-38-47-36(29)24-59-38)48-42(54)39-26(2)27(39)3/h10-11,19-20,23-24,26-28,34-35,39,49H,7-9,12-18,21-22,25H2,1-6H3,(H,48,54)/t26-,27+,28-,34-,35-,39?/m0/s1. The number of anilines is 1. The van der Waals surface area contributed by atoms with E-state index in [2.05, 4.69) is 89.5 Å². The predicted octanol–water partition coefficient (Wildman–Crippen LogP) is 5.61. The molecule has 314 valence electrons. The molecule has 2 saturated heterocycles. The lowest BCUT2D eigenvalue weighted by Gasteiger charge is -2.35. The number of esters is 1. The van der Waals surface area contributed by atoms with Gasteiger partial charge in [-0.2, -0.15) is 0 Å². The van der Waals surface area contributed by atoms with Crippen LogP contribution in [-0.4, -0.2) is 108 Å². The Bertz CT molecular complexity index is 2250. The van der Waals surface area contributed by atoms with Crippen LogP contribution in [0.25, 0.3) is 33.4 Å². The molecule has 3 aromatic heterocycles. The second-order valence-electron chi connectivity index (χ2n) is 17.8. The fourth-order valence-corrected chi connectivity index (χ4v) is 10.4. The molecule has 1 aromatic carbocycles. The molecule has 5 aliphatic rings. The first kappa shape index (κ1) is 40.1. The van der Waals surface area contributed by atoms with Gasteiger partial charge in [-0.15, -0.1) is 11.3 Å². The molecule has 2 aliphatic carbocycles. The number of amides is 2. The fraction of sp³-hybridized carbons (Fsp3) is 0.578. The minimum Gasteiger partial charge on any atom is -0.464 e. The number of aryl methyl sites for hydroxylation is 1. The van der Waals surface area contributed by atoms with Crippen LogP contribution < -0.4 is 15.6 Å². The van der Waals surface area contributed by atoms with Crippen LogP contribution in [0.15, 0.2) is 35.8 Å². The van der Waals surface area contributed by atoms with Crippen molar-refractivity contribution in [1.82, 2.24) is 35.2 Å². The van der Waals surface area contributed by atoms with Gasteiger partial charge >= 0.3 is 5.97 Å². The molecule has 59 heavy (non-hydrogen) atoms. The first-order chi connectivity index (χ1) is 28.5. The number of hydrogen-bond acceptors (Lipinski definition) is 11. The van der Waals surface area contributed by atoms with Gasteiger partial charge in [0.05, 0.1) is 46.7 Å². The summed E-state index contributed by atoms with van der Waals surface area (Å²) in [5.74, 6) is -0.289. The van der Waals surface area contributed by atoms with Crippen LogP contribution in [0, 0.1) is 23.2 Å². The number of cyclic esters (lactones) is 1. The highest BCUT2D eigenvalue weighted by atomic mass is 32.1. The van der Waals surface area contributed by atoms with Gasteiger partial charge in [0.25, 0.3) is 5.91 Å². The first-order valence-corrected chi connectivity index (χ1v) is 22.5. The Labute approximate surface area is 350 Å². The number of aromatic nitrogens is 3. The van der Waals surface area contributed by atoms with Crippen molar-refractivity contribution in [1.29, 1.82) is 0 Å². The quantitative estimate of drug-likeness (QED) is 0.227. The number of rotatable bonds is 7. The van der Waals surface area contributed by atoms with E-state index in [4.69, 9.17) is 19.4 Å². The van der Waals surface area contributed by atoms with Crippen molar-refractivity contribution < 1.29 is 23.9 Å². The molecule has 6 atom stereocenters. The average Bonchev–Trinajstić information content (AvgIpc) is 4.03. The summed E-state index contributed by atoms with van der Waals surface area (Å²) in [6.45, 7) is 13.7. The Morgan fingerprint density at radius 2 is 1.90 bits per heavy atom. The van der Waals surface area contributed by atoms with Gasteiger partial charge in [-0.1, -0.05) is 19.9 Å². The molecular formula is C45H58N8O5S. The summed E-state index contributed by atoms with van der Waals surface area (Å²) in [5.41, 5.74) is 11.4. The van der Waals surface area contributed by atoms with Crippen LogP contribution >= 0.6 is 11.3 Å². The summed E-state index contributed by atoms with van der Waals surface area (Å²) in [6.07, 6.45) is 5.84. The molecule has 1 spiro atoms. The van der Waals surface area contributed by atoms with E-state index in [9.17, 15) is 14.4 Å². The molecule has 1 unspecified atom stereocenters. The van der Waals surface area contributed by atoms with Gasteiger partial charge in [-0.3, -0.25) is 24.4 Å². The van der Waals surface area contributed by atoms with E-state index in [0.29, 0.717) is 26.0 Å². The summed E-state index contributed by atoms with van der Waals surface area (Å²) in [5, 5.41) is 8.58. The number of carbonyl (C=O) groups is 3. The molecule has 3 aliphatic heterocycles. The molecule has 4 aromatic rings. The van der Waals surface area contributed by atoms with Gasteiger partial charge in [0.15, 0.2) is 0 Å². The zero-order valence-electron chi connectivity index (χ0n) is 35.3. The smallest absolute Gasteiger partial charge is 0.324 e. The first-order valence-electron chi connectivity index (χ1n) is 21.6. The molecule has 6 heterocycles. The minimum atomic E-state index is -0.827. The summed E-state index contributed by atoms with van der Waals surface area (Å²) < 4.78 is 14.6. The largest absolute Gasteiger partial charge is 0.464 e. The summed E-state index contributed by atoms with van der Waals surface area (Å²) in [7, 11) is 3.91. The van der Waals surface area contributed by atoms with Crippen molar-refractivity contribution >= 4 is 45.7 Å². The molecule has 6 bridgehead atoms. The lowest BCUT2D eigenvalue weighted by molar-refractivity contribution is -0.154. The summed E-state index contributed by atoms with van der Waals surface area (Å²) >= 11 is 1.50. The molecule has 2 amide bonds. The Balaban J connectivity index is 1.17. The van der Waals surface area contributed by atoms with Gasteiger partial charge in [-0.05, 0) is 88.6 Å². The summed E-state index contributed by atoms with van der Waals surface area (Å²) in [4.78, 5) is 56.6. The maximum Gasteiger partial charge on any atom is 0.324 e. The van der Waals surface area contributed by atoms with E-state index in [0.717, 1.165) is 102 Å². The van der Waals surface area contributed by atoms with Crippen LogP contribution in [0.5, 0.6) is 0 Å². The van der Waals surface area contributed by atoms with Crippen molar-refractivity contribution in [3.05, 3.63) is 52.1 Å². The normalized spacial score (nSPS) is 26.4. The third-order valence-electron chi connectivity index (χ3n) is 14.0. The molecule has 0 radical (unpaired) electrons. The van der Waals surface area contributed by atoms with E-state index in [1.807, 2.05) is 6.20 Å². The molecule has 14 heteroatoms. The van der Waals surface area contributed by atoms with Crippen LogP contribution in [0.1, 0.15) is 75.7 Å². The monoisotopic (exact) mass is 822 g/mol. The number of pyridine rings is 1. The Morgan fingerprint density at radius 1 is 1.12 bits per heavy atom. The number of hydrazine groups is 1. The van der Waals surface area contributed by atoms with E-state index < -0.39 is 12.1 Å². The van der Waals surface area contributed by atoms with Crippen molar-refractivity contribution in [3.8, 4) is 22.5 Å². The summed E-state index contributed by atoms with van der Waals surface area (Å²) in [6, 6.07) is 7.45. The number of likely N-dealkylation sites (N-methyl/N-ethyl adjacent to an activating group) is 1. The van der Waals surface area contributed by atoms with Crippen molar-refractivity contribution in [2.45, 2.75) is 91.0 Å². The number of benzene rings is 1. The maximum atomic E-state index is 14.2. The number of ether oxygens (including phenoxy) is 2. The number of fused-ring (bicyclic) bond motifs is 6. The zero-order valence-corrected chi connectivity index (χ0v) is 36.1. The third-order valence-corrected chi connectivity index (χ3v) is 14.9. The molecule has 4 fully saturated rings. The van der Waals surface area contributed by atoms with Crippen LogP contribution in [0.2, 0.25) is 0 Å².